The van der Waals surface area contributed by atoms with Gasteiger partial charge in [0.1, 0.15) is 11.5 Å². The third kappa shape index (κ3) is 3.50. The molecule has 7 nitrogen and oxygen atoms in total. The van der Waals surface area contributed by atoms with Crippen molar-refractivity contribution < 1.29 is 18.7 Å². The van der Waals surface area contributed by atoms with Gasteiger partial charge in [0.05, 0.1) is 32.4 Å². The molecule has 0 aliphatic heterocycles. The summed E-state index contributed by atoms with van der Waals surface area (Å²) >= 11 is 0. The summed E-state index contributed by atoms with van der Waals surface area (Å²) in [5, 5.41) is 3.89. The first-order valence-corrected chi connectivity index (χ1v) is 6.59. The Morgan fingerprint density at radius 2 is 2.10 bits per heavy atom. The highest BCUT2D eigenvalue weighted by Crippen LogP contribution is 2.32. The van der Waals surface area contributed by atoms with Crippen LogP contribution in [0.3, 0.4) is 0 Å². The smallest absolute Gasteiger partial charge is 0.261 e. The molecular formula is C14H19N3O4. The number of benzene rings is 1. The van der Waals surface area contributed by atoms with Crippen LogP contribution in [-0.2, 0) is 4.74 Å². The van der Waals surface area contributed by atoms with Crippen LogP contribution < -0.4 is 15.2 Å². The van der Waals surface area contributed by atoms with Gasteiger partial charge in [0.25, 0.3) is 5.89 Å². The Morgan fingerprint density at radius 3 is 2.76 bits per heavy atom. The second-order valence-electron chi connectivity index (χ2n) is 4.29. The number of aromatic nitrogens is 2. The second-order valence-corrected chi connectivity index (χ2v) is 4.29. The van der Waals surface area contributed by atoms with Crippen molar-refractivity contribution in [2.45, 2.75) is 13.0 Å². The van der Waals surface area contributed by atoms with Crippen molar-refractivity contribution in [3.63, 3.8) is 0 Å². The number of methoxy groups -OCH3 is 2. The second kappa shape index (κ2) is 7.05. The Bertz CT molecular complexity index is 585. The van der Waals surface area contributed by atoms with Crippen molar-refractivity contribution in [1.29, 1.82) is 0 Å². The molecule has 1 heterocycles. The Kier molecular flexibility index (Phi) is 5.13. The molecule has 2 rings (SSSR count). The molecule has 0 fully saturated rings. The standard InChI is InChI=1S/C14H19N3O4/c1-4-20-8-11(15)13-16-14(21-17-13)10-7-9(18-2)5-6-12(10)19-3/h5-7,11H,4,8,15H2,1-3H3. The molecule has 114 valence electrons. The maximum absolute atomic E-state index is 5.93. The fourth-order valence-electron chi connectivity index (χ4n) is 1.80. The fraction of sp³-hybridized carbons (Fsp3) is 0.429. The summed E-state index contributed by atoms with van der Waals surface area (Å²) in [6.07, 6.45) is 0. The van der Waals surface area contributed by atoms with Gasteiger partial charge in [-0.05, 0) is 25.1 Å². The molecule has 0 saturated heterocycles. The van der Waals surface area contributed by atoms with Crippen LogP contribution in [0.25, 0.3) is 11.5 Å². The van der Waals surface area contributed by atoms with E-state index in [-0.39, 0.29) is 0 Å². The zero-order chi connectivity index (χ0) is 15.2. The van der Waals surface area contributed by atoms with E-state index in [1.807, 2.05) is 6.92 Å². The van der Waals surface area contributed by atoms with Crippen molar-refractivity contribution >= 4 is 0 Å². The lowest BCUT2D eigenvalue weighted by atomic mass is 10.2. The van der Waals surface area contributed by atoms with Gasteiger partial charge in [-0.2, -0.15) is 4.98 Å². The van der Waals surface area contributed by atoms with Gasteiger partial charge in [0.15, 0.2) is 5.82 Å². The molecule has 7 heteroatoms. The monoisotopic (exact) mass is 293 g/mol. The predicted molar refractivity (Wildman–Crippen MR) is 76.3 cm³/mol. The maximum atomic E-state index is 5.93. The van der Waals surface area contributed by atoms with E-state index in [9.17, 15) is 0 Å². The van der Waals surface area contributed by atoms with Crippen LogP contribution >= 0.6 is 0 Å². The van der Waals surface area contributed by atoms with Crippen LogP contribution in [0.5, 0.6) is 11.5 Å². The summed E-state index contributed by atoms with van der Waals surface area (Å²) < 4.78 is 21.0. The first-order chi connectivity index (χ1) is 10.2. The molecule has 0 aliphatic carbocycles. The summed E-state index contributed by atoms with van der Waals surface area (Å²) in [7, 11) is 3.16. The van der Waals surface area contributed by atoms with Gasteiger partial charge in [-0.3, -0.25) is 0 Å². The number of nitrogens with zero attached hydrogens (tertiary/aromatic N) is 2. The summed E-state index contributed by atoms with van der Waals surface area (Å²) in [5.41, 5.74) is 6.59. The minimum absolute atomic E-state index is 0.327. The van der Waals surface area contributed by atoms with Crippen molar-refractivity contribution in [3.05, 3.63) is 24.0 Å². The Balaban J connectivity index is 2.28. The minimum Gasteiger partial charge on any atom is -0.497 e. The van der Waals surface area contributed by atoms with Crippen LogP contribution in [0.1, 0.15) is 18.8 Å². The SMILES string of the molecule is CCOCC(N)c1noc(-c2cc(OC)ccc2OC)n1. The van der Waals surface area contributed by atoms with Crippen molar-refractivity contribution in [1.82, 2.24) is 10.1 Å². The van der Waals surface area contributed by atoms with E-state index < -0.39 is 6.04 Å². The Hall–Kier alpha value is -2.12. The highest BCUT2D eigenvalue weighted by atomic mass is 16.5. The lowest BCUT2D eigenvalue weighted by molar-refractivity contribution is 0.130. The number of rotatable bonds is 7. The Morgan fingerprint density at radius 1 is 1.29 bits per heavy atom. The summed E-state index contributed by atoms with van der Waals surface area (Å²) in [4.78, 5) is 4.30. The summed E-state index contributed by atoms with van der Waals surface area (Å²) in [6.45, 7) is 2.82. The van der Waals surface area contributed by atoms with Gasteiger partial charge in [0, 0.05) is 6.61 Å². The largest absolute Gasteiger partial charge is 0.497 e. The number of nitrogens with two attached hydrogens (primary N) is 1. The van der Waals surface area contributed by atoms with Gasteiger partial charge in [-0.15, -0.1) is 0 Å². The van der Waals surface area contributed by atoms with Crippen LogP contribution in [0.4, 0.5) is 0 Å². The molecule has 0 radical (unpaired) electrons. The fourth-order valence-corrected chi connectivity index (χ4v) is 1.80. The van der Waals surface area contributed by atoms with E-state index in [0.717, 1.165) is 0 Å². The molecule has 1 aromatic heterocycles. The lowest BCUT2D eigenvalue weighted by Gasteiger charge is -2.07. The van der Waals surface area contributed by atoms with Gasteiger partial charge < -0.3 is 24.5 Å². The molecule has 1 aromatic carbocycles. The van der Waals surface area contributed by atoms with E-state index in [2.05, 4.69) is 10.1 Å². The first kappa shape index (κ1) is 15.3. The Labute approximate surface area is 123 Å². The van der Waals surface area contributed by atoms with Gasteiger partial charge in [0.2, 0.25) is 0 Å². The highest BCUT2D eigenvalue weighted by Gasteiger charge is 2.18. The maximum Gasteiger partial charge on any atom is 0.261 e. The van der Waals surface area contributed by atoms with E-state index in [0.29, 0.717) is 42.0 Å². The molecule has 0 spiro atoms. The average Bonchev–Trinajstić information content (AvgIpc) is 3.01. The molecule has 1 unspecified atom stereocenters. The third-order valence-corrected chi connectivity index (χ3v) is 2.91. The number of ether oxygens (including phenoxy) is 3. The van der Waals surface area contributed by atoms with E-state index in [4.69, 9.17) is 24.5 Å². The topological polar surface area (TPSA) is 92.6 Å². The zero-order valence-electron chi connectivity index (χ0n) is 12.3. The lowest BCUT2D eigenvalue weighted by Crippen LogP contribution is -2.18. The quantitative estimate of drug-likeness (QED) is 0.831. The van der Waals surface area contributed by atoms with E-state index in [1.54, 1.807) is 32.4 Å². The molecule has 2 N–H and O–H groups in total. The van der Waals surface area contributed by atoms with Crippen LogP contribution in [0, 0.1) is 0 Å². The molecule has 0 aliphatic rings. The molecule has 2 aromatic rings. The van der Waals surface area contributed by atoms with E-state index in [1.165, 1.54) is 0 Å². The van der Waals surface area contributed by atoms with E-state index >= 15 is 0 Å². The van der Waals surface area contributed by atoms with Crippen LogP contribution in [0.15, 0.2) is 22.7 Å². The third-order valence-electron chi connectivity index (χ3n) is 2.91. The molecule has 1 atom stereocenters. The first-order valence-electron chi connectivity index (χ1n) is 6.59. The predicted octanol–water partition coefficient (Wildman–Crippen LogP) is 1.79. The molecular weight excluding hydrogens is 274 g/mol. The average molecular weight is 293 g/mol. The van der Waals surface area contributed by atoms with Gasteiger partial charge in [-0.25, -0.2) is 0 Å². The molecule has 0 amide bonds. The number of hydrogen-bond acceptors (Lipinski definition) is 7. The number of hydrogen-bond donors (Lipinski definition) is 1. The van der Waals surface area contributed by atoms with Crippen LogP contribution in [-0.4, -0.2) is 37.6 Å². The van der Waals surface area contributed by atoms with Gasteiger partial charge >= 0.3 is 0 Å². The molecule has 0 bridgehead atoms. The van der Waals surface area contributed by atoms with Crippen molar-refractivity contribution in [2.24, 2.45) is 5.73 Å². The molecule has 0 saturated carbocycles. The zero-order valence-corrected chi connectivity index (χ0v) is 12.3. The van der Waals surface area contributed by atoms with Crippen LogP contribution in [0.2, 0.25) is 0 Å². The minimum atomic E-state index is -0.431. The van der Waals surface area contributed by atoms with Crippen molar-refractivity contribution in [3.8, 4) is 23.0 Å². The van der Waals surface area contributed by atoms with Crippen molar-refractivity contribution in [2.75, 3.05) is 27.4 Å². The normalized spacial score (nSPS) is 12.2. The summed E-state index contributed by atoms with van der Waals surface area (Å²) in [6, 6.07) is 4.90. The summed E-state index contributed by atoms with van der Waals surface area (Å²) in [5.74, 6) is 2.00. The molecule has 21 heavy (non-hydrogen) atoms. The highest BCUT2D eigenvalue weighted by molar-refractivity contribution is 5.65. The van der Waals surface area contributed by atoms with Gasteiger partial charge in [-0.1, -0.05) is 5.16 Å².